The number of rotatable bonds is 5. The minimum absolute atomic E-state index is 0.0297. The molecule has 0 aliphatic heterocycles. The van der Waals surface area contributed by atoms with Gasteiger partial charge in [0.25, 0.3) is 0 Å². The van der Waals surface area contributed by atoms with Gasteiger partial charge in [0.2, 0.25) is 5.16 Å². The average Bonchev–Trinajstić information content (AvgIpc) is 3.16. The molecule has 128 valence electrons. The molecule has 3 rings (SSSR count). The van der Waals surface area contributed by atoms with Crippen LogP contribution in [0.2, 0.25) is 10.0 Å². The maximum absolute atomic E-state index is 11.5. The molecule has 2 aromatic heterocycles. The van der Waals surface area contributed by atoms with Crippen molar-refractivity contribution < 1.29 is 14.3 Å². The number of nitrogens with one attached hydrogen (secondary N) is 1. The van der Waals surface area contributed by atoms with E-state index in [1.165, 1.54) is 6.08 Å². The van der Waals surface area contributed by atoms with Crippen LogP contribution in [0.5, 0.6) is 0 Å². The van der Waals surface area contributed by atoms with Crippen molar-refractivity contribution >= 4 is 47.0 Å². The average molecular weight is 396 g/mol. The maximum Gasteiger partial charge on any atom is 0.342 e. The SMILES string of the molecule is Cc1nc(S/C(=C\c2ccc(-c3ccc(Cl)cc3Cl)o2)C(=O)O)n[nH]1. The molecule has 0 spiro atoms. The number of H-pyrrole nitrogens is 1. The Morgan fingerprint density at radius 1 is 1.32 bits per heavy atom. The Kier molecular flexibility index (Phi) is 5.17. The van der Waals surface area contributed by atoms with Gasteiger partial charge in [-0.2, -0.15) is 0 Å². The lowest BCUT2D eigenvalue weighted by atomic mass is 10.2. The number of nitrogens with zero attached hydrogens (tertiary/aromatic N) is 2. The zero-order valence-corrected chi connectivity index (χ0v) is 15.1. The van der Waals surface area contributed by atoms with E-state index in [1.807, 2.05) is 0 Å². The van der Waals surface area contributed by atoms with Crippen molar-refractivity contribution in [3.05, 3.63) is 56.9 Å². The third-order valence-corrected chi connectivity index (χ3v) is 4.51. The summed E-state index contributed by atoms with van der Waals surface area (Å²) in [5, 5.41) is 17.2. The quantitative estimate of drug-likeness (QED) is 0.471. The fourth-order valence-corrected chi connectivity index (χ4v) is 3.23. The Morgan fingerprint density at radius 2 is 2.12 bits per heavy atom. The molecule has 2 N–H and O–H groups in total. The summed E-state index contributed by atoms with van der Waals surface area (Å²) in [6.45, 7) is 1.73. The van der Waals surface area contributed by atoms with Gasteiger partial charge < -0.3 is 9.52 Å². The predicted octanol–water partition coefficient (Wildman–Crippen LogP) is 4.90. The van der Waals surface area contributed by atoms with Crippen LogP contribution in [-0.4, -0.2) is 26.3 Å². The van der Waals surface area contributed by atoms with Crippen molar-refractivity contribution in [2.45, 2.75) is 12.1 Å². The largest absolute Gasteiger partial charge is 0.477 e. The second kappa shape index (κ2) is 7.35. The van der Waals surface area contributed by atoms with Crippen LogP contribution >= 0.6 is 35.0 Å². The molecule has 9 heteroatoms. The number of aromatic nitrogens is 3. The summed E-state index contributed by atoms with van der Waals surface area (Å²) in [5.41, 5.74) is 0.667. The monoisotopic (exact) mass is 395 g/mol. The van der Waals surface area contributed by atoms with E-state index >= 15 is 0 Å². The summed E-state index contributed by atoms with van der Waals surface area (Å²) in [5.74, 6) is 0.384. The molecule has 0 saturated heterocycles. The van der Waals surface area contributed by atoms with Gasteiger partial charge in [0, 0.05) is 16.7 Å². The third-order valence-electron chi connectivity index (χ3n) is 3.09. The lowest BCUT2D eigenvalue weighted by molar-refractivity contribution is -0.131. The predicted molar refractivity (Wildman–Crippen MR) is 96.8 cm³/mol. The van der Waals surface area contributed by atoms with Gasteiger partial charge in [-0.25, -0.2) is 9.78 Å². The number of benzene rings is 1. The number of halogens is 2. The van der Waals surface area contributed by atoms with Crippen LogP contribution < -0.4 is 0 Å². The number of aromatic amines is 1. The zero-order valence-electron chi connectivity index (χ0n) is 12.8. The van der Waals surface area contributed by atoms with Crippen LogP contribution in [0.1, 0.15) is 11.6 Å². The minimum Gasteiger partial charge on any atom is -0.477 e. The number of carboxylic acid groups (broad SMARTS) is 1. The second-order valence-corrected chi connectivity index (χ2v) is 6.80. The molecule has 3 aromatic rings. The Labute approximate surface area is 156 Å². The van der Waals surface area contributed by atoms with E-state index < -0.39 is 5.97 Å². The molecule has 0 radical (unpaired) electrons. The lowest BCUT2D eigenvalue weighted by Gasteiger charge is -2.01. The topological polar surface area (TPSA) is 92.0 Å². The van der Waals surface area contributed by atoms with Crippen molar-refractivity contribution in [2.24, 2.45) is 0 Å². The van der Waals surface area contributed by atoms with Gasteiger partial charge in [-0.05, 0) is 49.0 Å². The fourth-order valence-electron chi connectivity index (χ4n) is 1.99. The first-order chi connectivity index (χ1) is 11.9. The summed E-state index contributed by atoms with van der Waals surface area (Å²) in [6, 6.07) is 8.42. The smallest absolute Gasteiger partial charge is 0.342 e. The van der Waals surface area contributed by atoms with Gasteiger partial charge in [-0.15, -0.1) is 5.10 Å². The Balaban J connectivity index is 1.88. The minimum atomic E-state index is -1.10. The highest BCUT2D eigenvalue weighted by Gasteiger charge is 2.15. The molecule has 0 amide bonds. The molecule has 0 fully saturated rings. The molecular formula is C16H11Cl2N3O3S. The summed E-state index contributed by atoms with van der Waals surface area (Å²) >= 11 is 13.0. The number of carbonyl (C=O) groups is 1. The fraction of sp³-hybridized carbons (Fsp3) is 0.0625. The molecule has 25 heavy (non-hydrogen) atoms. The Hall–Kier alpha value is -2.22. The lowest BCUT2D eigenvalue weighted by Crippen LogP contribution is -1.97. The first-order valence-electron chi connectivity index (χ1n) is 6.99. The summed E-state index contributed by atoms with van der Waals surface area (Å²) in [6.07, 6.45) is 1.41. The highest BCUT2D eigenvalue weighted by Crippen LogP contribution is 2.33. The molecule has 1 aromatic carbocycles. The van der Waals surface area contributed by atoms with Gasteiger partial charge in [0.1, 0.15) is 22.3 Å². The molecule has 0 atom stereocenters. The van der Waals surface area contributed by atoms with Crippen molar-refractivity contribution in [3.63, 3.8) is 0 Å². The normalized spacial score (nSPS) is 11.7. The number of aryl methyl sites for hydroxylation is 1. The summed E-state index contributed by atoms with van der Waals surface area (Å²) < 4.78 is 5.68. The molecule has 0 aliphatic carbocycles. The van der Waals surface area contributed by atoms with Gasteiger partial charge in [0.15, 0.2) is 0 Å². The van der Waals surface area contributed by atoms with Crippen LogP contribution in [0.25, 0.3) is 17.4 Å². The molecule has 6 nitrogen and oxygen atoms in total. The van der Waals surface area contributed by atoms with Crippen molar-refractivity contribution in [1.82, 2.24) is 15.2 Å². The van der Waals surface area contributed by atoms with Gasteiger partial charge in [-0.3, -0.25) is 5.10 Å². The van der Waals surface area contributed by atoms with E-state index in [0.717, 1.165) is 11.8 Å². The first kappa shape index (κ1) is 17.6. The maximum atomic E-state index is 11.5. The van der Waals surface area contributed by atoms with Crippen LogP contribution in [0.3, 0.4) is 0 Å². The van der Waals surface area contributed by atoms with E-state index in [1.54, 1.807) is 37.3 Å². The molecule has 0 bridgehead atoms. The molecule has 2 heterocycles. The molecule has 0 saturated carbocycles. The van der Waals surface area contributed by atoms with Crippen LogP contribution in [0, 0.1) is 6.92 Å². The van der Waals surface area contributed by atoms with Gasteiger partial charge in [-0.1, -0.05) is 23.2 Å². The molecule has 0 aliphatic rings. The van der Waals surface area contributed by atoms with E-state index in [2.05, 4.69) is 15.2 Å². The number of carboxylic acids is 1. The number of aliphatic carboxylic acids is 1. The summed E-state index contributed by atoms with van der Waals surface area (Å²) in [7, 11) is 0. The van der Waals surface area contributed by atoms with Crippen molar-refractivity contribution in [3.8, 4) is 11.3 Å². The second-order valence-electron chi connectivity index (χ2n) is 4.95. The van der Waals surface area contributed by atoms with Crippen molar-refractivity contribution in [1.29, 1.82) is 0 Å². The van der Waals surface area contributed by atoms with Crippen LogP contribution in [0.4, 0.5) is 0 Å². The zero-order chi connectivity index (χ0) is 18.0. The standard InChI is InChI=1S/C16H11Cl2N3O3S/c1-8-19-16(21-20-8)25-14(15(22)23)7-10-3-5-13(24-10)11-4-2-9(17)6-12(11)18/h2-7H,1H3,(H,22,23)(H,19,20,21)/b14-7-. The van der Waals surface area contributed by atoms with Crippen LogP contribution in [-0.2, 0) is 4.79 Å². The van der Waals surface area contributed by atoms with E-state index in [4.69, 9.17) is 27.6 Å². The van der Waals surface area contributed by atoms with E-state index in [9.17, 15) is 9.90 Å². The highest BCUT2D eigenvalue weighted by atomic mass is 35.5. The number of hydrogen-bond donors (Lipinski definition) is 2. The third kappa shape index (κ3) is 4.25. The molecule has 0 unspecified atom stereocenters. The van der Waals surface area contributed by atoms with Gasteiger partial charge in [0.05, 0.1) is 5.02 Å². The molecular weight excluding hydrogens is 385 g/mol. The Bertz CT molecular complexity index is 965. The summed E-state index contributed by atoms with van der Waals surface area (Å²) in [4.78, 5) is 15.6. The highest BCUT2D eigenvalue weighted by molar-refractivity contribution is 8.04. The van der Waals surface area contributed by atoms with Gasteiger partial charge >= 0.3 is 5.97 Å². The number of furan rings is 1. The van der Waals surface area contributed by atoms with Crippen molar-refractivity contribution in [2.75, 3.05) is 0 Å². The van der Waals surface area contributed by atoms with E-state index in [-0.39, 0.29) is 4.91 Å². The van der Waals surface area contributed by atoms with E-state index in [0.29, 0.717) is 38.1 Å². The number of thioether (sulfide) groups is 1. The van der Waals surface area contributed by atoms with Crippen LogP contribution in [0.15, 0.2) is 44.8 Å². The first-order valence-corrected chi connectivity index (χ1v) is 8.57. The number of hydrogen-bond acceptors (Lipinski definition) is 5. The Morgan fingerprint density at radius 3 is 2.76 bits per heavy atom.